The molecule has 3 rings (SSSR count). The Morgan fingerprint density at radius 3 is 2.15 bits per heavy atom. The summed E-state index contributed by atoms with van der Waals surface area (Å²) in [6.07, 6.45) is 0.441. The fourth-order valence-electron chi connectivity index (χ4n) is 3.27. The molecule has 0 saturated carbocycles. The molecule has 2 aromatic carbocycles. The molecule has 0 aliphatic heterocycles. The summed E-state index contributed by atoms with van der Waals surface area (Å²) in [6.45, 7) is 1.87. The van der Waals surface area contributed by atoms with Gasteiger partial charge in [0.2, 0.25) is 5.91 Å². The number of nitrogens with one attached hydrogen (secondary N) is 3. The quantitative estimate of drug-likeness (QED) is 0.279. The molecule has 0 aromatic heterocycles. The van der Waals surface area contributed by atoms with Gasteiger partial charge in [-0.25, -0.2) is 5.84 Å². The molecule has 26 heavy (non-hydrogen) atoms. The number of aryl methyl sites for hydroxylation is 1. The zero-order chi connectivity index (χ0) is 18.7. The summed E-state index contributed by atoms with van der Waals surface area (Å²) < 4.78 is 0. The van der Waals surface area contributed by atoms with Gasteiger partial charge in [-0.2, -0.15) is 0 Å². The topological polar surface area (TPSA) is 113 Å². The van der Waals surface area contributed by atoms with Gasteiger partial charge in [0.05, 0.1) is 0 Å². The van der Waals surface area contributed by atoms with Crippen molar-refractivity contribution in [2.45, 2.75) is 19.8 Å². The lowest BCUT2D eigenvalue weighted by molar-refractivity contribution is -0.143. The van der Waals surface area contributed by atoms with Gasteiger partial charge in [0.15, 0.2) is 0 Å². The average molecular weight is 352 g/mol. The molecule has 1 aliphatic rings. The predicted molar refractivity (Wildman–Crippen MR) is 95.4 cm³/mol. The minimum absolute atomic E-state index is 0.221. The summed E-state index contributed by atoms with van der Waals surface area (Å²) in [4.78, 5) is 37.4. The molecule has 0 bridgehead atoms. The molecule has 0 saturated heterocycles. The van der Waals surface area contributed by atoms with Gasteiger partial charge in [0.25, 0.3) is 11.8 Å². The summed E-state index contributed by atoms with van der Waals surface area (Å²) in [5, 5.41) is 0. The Labute approximate surface area is 150 Å². The first-order valence-corrected chi connectivity index (χ1v) is 8.21. The molecule has 7 nitrogen and oxygen atoms in total. The van der Waals surface area contributed by atoms with E-state index in [-0.39, 0.29) is 12.8 Å². The van der Waals surface area contributed by atoms with Crippen LogP contribution in [0.3, 0.4) is 0 Å². The monoisotopic (exact) mass is 352 g/mol. The van der Waals surface area contributed by atoms with Crippen molar-refractivity contribution in [2.75, 3.05) is 0 Å². The van der Waals surface area contributed by atoms with Crippen LogP contribution in [0, 0.1) is 12.3 Å². The highest BCUT2D eigenvalue weighted by molar-refractivity contribution is 6.07. The van der Waals surface area contributed by atoms with Crippen LogP contribution in [-0.4, -0.2) is 17.7 Å². The summed E-state index contributed by atoms with van der Waals surface area (Å²) in [5.74, 6) is 3.66. The first-order chi connectivity index (χ1) is 12.5. The van der Waals surface area contributed by atoms with Crippen LogP contribution in [0.2, 0.25) is 0 Å². The van der Waals surface area contributed by atoms with E-state index < -0.39 is 23.1 Å². The number of hydrazine groups is 2. The molecule has 0 atom stereocenters. The average Bonchev–Trinajstić information content (AvgIpc) is 3.06. The number of carbonyl (C=O) groups is 3. The lowest BCUT2D eigenvalue weighted by Crippen LogP contribution is -2.57. The van der Waals surface area contributed by atoms with Crippen molar-refractivity contribution < 1.29 is 14.4 Å². The Bertz CT molecular complexity index is 854. The molecule has 0 spiro atoms. The number of benzene rings is 2. The lowest BCUT2D eigenvalue weighted by atomic mass is 9.83. The Morgan fingerprint density at radius 2 is 1.58 bits per heavy atom. The van der Waals surface area contributed by atoms with Crippen LogP contribution < -0.4 is 22.1 Å². The maximum absolute atomic E-state index is 12.8. The van der Waals surface area contributed by atoms with Gasteiger partial charge in [0, 0.05) is 5.56 Å². The normalized spacial score (nSPS) is 14.2. The van der Waals surface area contributed by atoms with Crippen molar-refractivity contribution in [1.82, 2.24) is 16.3 Å². The standard InChI is InChI=1S/C19H20N4O3/c1-12-5-4-8-13(9-12)16(24)22-23-18(26)19(17(25)21-20)10-14-6-2-3-7-15(14)11-19/h2-9H,10-11,20H2,1H3,(H,21,25)(H,22,24)(H,23,26). The van der Waals surface area contributed by atoms with E-state index in [0.717, 1.165) is 16.7 Å². The van der Waals surface area contributed by atoms with E-state index >= 15 is 0 Å². The molecule has 0 radical (unpaired) electrons. The summed E-state index contributed by atoms with van der Waals surface area (Å²) in [6, 6.07) is 14.4. The van der Waals surface area contributed by atoms with Gasteiger partial charge in [-0.05, 0) is 43.0 Å². The molecule has 0 heterocycles. The highest BCUT2D eigenvalue weighted by Crippen LogP contribution is 2.37. The zero-order valence-corrected chi connectivity index (χ0v) is 14.3. The van der Waals surface area contributed by atoms with Gasteiger partial charge >= 0.3 is 0 Å². The van der Waals surface area contributed by atoms with Crippen LogP contribution in [0.4, 0.5) is 0 Å². The largest absolute Gasteiger partial charge is 0.293 e. The maximum atomic E-state index is 12.8. The second kappa shape index (κ2) is 6.97. The number of amides is 3. The summed E-state index contributed by atoms with van der Waals surface area (Å²) in [5.41, 5.74) is 8.61. The van der Waals surface area contributed by atoms with Crippen LogP contribution >= 0.6 is 0 Å². The Balaban J connectivity index is 1.76. The molecule has 0 fully saturated rings. The van der Waals surface area contributed by atoms with E-state index in [1.807, 2.05) is 37.3 Å². The van der Waals surface area contributed by atoms with Crippen LogP contribution in [-0.2, 0) is 22.4 Å². The van der Waals surface area contributed by atoms with E-state index in [0.29, 0.717) is 5.56 Å². The highest BCUT2D eigenvalue weighted by atomic mass is 16.2. The van der Waals surface area contributed by atoms with E-state index in [1.54, 1.807) is 18.2 Å². The van der Waals surface area contributed by atoms with Crippen molar-refractivity contribution >= 4 is 17.7 Å². The van der Waals surface area contributed by atoms with E-state index in [9.17, 15) is 14.4 Å². The smallest absolute Gasteiger partial charge is 0.269 e. The Morgan fingerprint density at radius 1 is 0.923 bits per heavy atom. The molecule has 7 heteroatoms. The van der Waals surface area contributed by atoms with Gasteiger partial charge in [-0.1, -0.05) is 42.0 Å². The molecular formula is C19H20N4O3. The number of nitrogens with two attached hydrogens (primary N) is 1. The van der Waals surface area contributed by atoms with Crippen molar-refractivity contribution in [3.8, 4) is 0 Å². The number of hydrogen-bond acceptors (Lipinski definition) is 4. The second-order valence-electron chi connectivity index (χ2n) is 6.46. The fraction of sp³-hybridized carbons (Fsp3) is 0.211. The number of fused-ring (bicyclic) bond motifs is 1. The minimum atomic E-state index is -1.39. The van der Waals surface area contributed by atoms with Crippen LogP contribution in [0.5, 0.6) is 0 Å². The molecule has 5 N–H and O–H groups in total. The summed E-state index contributed by atoms with van der Waals surface area (Å²) in [7, 11) is 0. The number of carbonyl (C=O) groups excluding carboxylic acids is 3. The minimum Gasteiger partial charge on any atom is -0.293 e. The van der Waals surface area contributed by atoms with Gasteiger partial charge in [0.1, 0.15) is 5.41 Å². The molecule has 3 amide bonds. The predicted octanol–water partition coefficient (Wildman–Crippen LogP) is 0.531. The van der Waals surface area contributed by atoms with E-state index in [1.165, 1.54) is 0 Å². The third kappa shape index (κ3) is 3.16. The maximum Gasteiger partial charge on any atom is 0.269 e. The van der Waals surface area contributed by atoms with Crippen molar-refractivity contribution in [3.05, 3.63) is 70.8 Å². The number of rotatable bonds is 3. The van der Waals surface area contributed by atoms with E-state index in [2.05, 4.69) is 16.3 Å². The fourth-order valence-corrected chi connectivity index (χ4v) is 3.27. The van der Waals surface area contributed by atoms with Gasteiger partial charge in [-0.15, -0.1) is 0 Å². The van der Waals surface area contributed by atoms with Crippen LogP contribution in [0.15, 0.2) is 48.5 Å². The zero-order valence-electron chi connectivity index (χ0n) is 14.3. The second-order valence-corrected chi connectivity index (χ2v) is 6.46. The van der Waals surface area contributed by atoms with Gasteiger partial charge in [-0.3, -0.25) is 30.7 Å². The molecule has 2 aromatic rings. The first-order valence-electron chi connectivity index (χ1n) is 8.21. The molecule has 1 aliphatic carbocycles. The van der Waals surface area contributed by atoms with E-state index in [4.69, 9.17) is 5.84 Å². The van der Waals surface area contributed by atoms with Gasteiger partial charge < -0.3 is 0 Å². The Hall–Kier alpha value is -3.19. The Kier molecular flexibility index (Phi) is 4.73. The lowest BCUT2D eigenvalue weighted by Gasteiger charge is -2.25. The highest BCUT2D eigenvalue weighted by Gasteiger charge is 2.50. The van der Waals surface area contributed by atoms with Crippen molar-refractivity contribution in [1.29, 1.82) is 0 Å². The number of hydrogen-bond donors (Lipinski definition) is 4. The van der Waals surface area contributed by atoms with Crippen LogP contribution in [0.25, 0.3) is 0 Å². The van der Waals surface area contributed by atoms with Crippen LogP contribution in [0.1, 0.15) is 27.0 Å². The first kappa shape index (κ1) is 17.6. The van der Waals surface area contributed by atoms with Crippen molar-refractivity contribution in [2.24, 2.45) is 11.3 Å². The third-order valence-corrected chi connectivity index (χ3v) is 4.67. The third-order valence-electron chi connectivity index (χ3n) is 4.67. The summed E-state index contributed by atoms with van der Waals surface area (Å²) >= 11 is 0. The molecule has 134 valence electrons. The molecule has 0 unspecified atom stereocenters. The molecular weight excluding hydrogens is 332 g/mol. The SMILES string of the molecule is Cc1cccc(C(=O)NNC(=O)C2(C(=O)NN)Cc3ccccc3C2)c1. The van der Waals surface area contributed by atoms with Crippen molar-refractivity contribution in [3.63, 3.8) is 0 Å².